The molecule has 0 heterocycles. The zero-order valence-electron chi connectivity index (χ0n) is 12.7. The number of anilines is 1. The average molecular weight is 345 g/mol. The molecule has 0 unspecified atom stereocenters. The summed E-state index contributed by atoms with van der Waals surface area (Å²) in [7, 11) is 0. The SMILES string of the molecule is Cc1ccc(C)c(NC(=O)C(C#N)=Cc2c(Cl)cccc2Cl)c1. The molecule has 0 aliphatic rings. The van der Waals surface area contributed by atoms with Crippen LogP contribution in [-0.2, 0) is 4.79 Å². The Morgan fingerprint density at radius 1 is 1.17 bits per heavy atom. The first-order valence-corrected chi connectivity index (χ1v) is 7.62. The molecule has 0 bridgehead atoms. The molecule has 5 heteroatoms. The molecule has 0 aliphatic heterocycles. The molecule has 1 amide bonds. The van der Waals surface area contributed by atoms with E-state index in [4.69, 9.17) is 23.2 Å². The number of nitriles is 1. The number of benzene rings is 2. The second-order valence-electron chi connectivity index (χ2n) is 5.08. The second-order valence-corrected chi connectivity index (χ2v) is 5.89. The van der Waals surface area contributed by atoms with E-state index in [-0.39, 0.29) is 5.57 Å². The van der Waals surface area contributed by atoms with Gasteiger partial charge in [-0.3, -0.25) is 4.79 Å². The summed E-state index contributed by atoms with van der Waals surface area (Å²) in [5.74, 6) is -0.503. The summed E-state index contributed by atoms with van der Waals surface area (Å²) in [4.78, 5) is 12.3. The van der Waals surface area contributed by atoms with Gasteiger partial charge in [0.25, 0.3) is 5.91 Å². The predicted molar refractivity (Wildman–Crippen MR) is 94.6 cm³/mol. The van der Waals surface area contributed by atoms with Crippen LogP contribution in [0.15, 0.2) is 42.0 Å². The zero-order chi connectivity index (χ0) is 17.0. The Balaban J connectivity index is 2.34. The number of nitrogens with zero attached hydrogens (tertiary/aromatic N) is 1. The standard InChI is InChI=1S/C18H14Cl2N2O/c1-11-6-7-12(2)17(8-11)22-18(23)13(10-21)9-14-15(19)4-3-5-16(14)20/h3-9H,1-2H3,(H,22,23). The third kappa shape index (κ3) is 4.13. The third-order valence-electron chi connectivity index (χ3n) is 3.29. The van der Waals surface area contributed by atoms with E-state index < -0.39 is 5.91 Å². The monoisotopic (exact) mass is 344 g/mol. The van der Waals surface area contributed by atoms with Crippen LogP contribution in [0.25, 0.3) is 6.08 Å². The molecular formula is C18H14Cl2N2O. The van der Waals surface area contributed by atoms with Gasteiger partial charge in [-0.2, -0.15) is 5.26 Å². The first-order valence-electron chi connectivity index (χ1n) is 6.87. The Bertz CT molecular complexity index is 815. The maximum Gasteiger partial charge on any atom is 0.266 e. The van der Waals surface area contributed by atoms with Crippen molar-refractivity contribution in [2.45, 2.75) is 13.8 Å². The fourth-order valence-electron chi connectivity index (χ4n) is 2.00. The lowest BCUT2D eigenvalue weighted by Crippen LogP contribution is -2.14. The van der Waals surface area contributed by atoms with Crippen LogP contribution in [0, 0.1) is 25.2 Å². The summed E-state index contributed by atoms with van der Waals surface area (Å²) < 4.78 is 0. The molecule has 0 saturated heterocycles. The smallest absolute Gasteiger partial charge is 0.266 e. The summed E-state index contributed by atoms with van der Waals surface area (Å²) in [6.45, 7) is 3.81. The van der Waals surface area contributed by atoms with Gasteiger partial charge in [-0.15, -0.1) is 0 Å². The minimum absolute atomic E-state index is 0.0686. The van der Waals surface area contributed by atoms with Gasteiger partial charge in [0, 0.05) is 21.3 Å². The summed E-state index contributed by atoms with van der Waals surface area (Å²) in [5.41, 5.74) is 2.98. The molecule has 2 aromatic carbocycles. The molecule has 0 spiro atoms. The van der Waals surface area contributed by atoms with Gasteiger partial charge in [0.05, 0.1) is 0 Å². The highest BCUT2D eigenvalue weighted by atomic mass is 35.5. The van der Waals surface area contributed by atoms with Crippen molar-refractivity contribution in [2.24, 2.45) is 0 Å². The van der Waals surface area contributed by atoms with Crippen LogP contribution in [0.2, 0.25) is 10.0 Å². The van der Waals surface area contributed by atoms with Gasteiger partial charge in [0.1, 0.15) is 11.6 Å². The van der Waals surface area contributed by atoms with Crippen LogP contribution in [0.3, 0.4) is 0 Å². The number of hydrogen-bond donors (Lipinski definition) is 1. The lowest BCUT2D eigenvalue weighted by atomic mass is 10.1. The van der Waals surface area contributed by atoms with Crippen molar-refractivity contribution in [3.05, 3.63) is 68.7 Å². The number of aryl methyl sites for hydroxylation is 2. The van der Waals surface area contributed by atoms with E-state index in [1.165, 1.54) is 6.08 Å². The Kier molecular flexibility index (Phi) is 5.44. The van der Waals surface area contributed by atoms with Crippen LogP contribution in [0.5, 0.6) is 0 Å². The summed E-state index contributed by atoms with van der Waals surface area (Å²) in [6.07, 6.45) is 1.39. The lowest BCUT2D eigenvalue weighted by Gasteiger charge is -2.09. The minimum Gasteiger partial charge on any atom is -0.321 e. The minimum atomic E-state index is -0.503. The molecule has 0 atom stereocenters. The Labute approximate surface area is 145 Å². The maximum absolute atomic E-state index is 12.3. The molecule has 1 N–H and O–H groups in total. The number of hydrogen-bond acceptors (Lipinski definition) is 2. The first kappa shape index (κ1) is 17.1. The molecule has 0 saturated carbocycles. The molecule has 0 aliphatic carbocycles. The van der Waals surface area contributed by atoms with E-state index in [9.17, 15) is 10.1 Å². The molecule has 2 aromatic rings. The molecule has 0 fully saturated rings. The average Bonchev–Trinajstić information content (AvgIpc) is 2.50. The number of carbonyl (C=O) groups excluding carboxylic acids is 1. The van der Waals surface area contributed by atoms with Gasteiger partial charge in [-0.1, -0.05) is 41.4 Å². The molecule has 116 valence electrons. The van der Waals surface area contributed by atoms with Crippen molar-refractivity contribution in [3.8, 4) is 6.07 Å². The number of amides is 1. The highest BCUT2D eigenvalue weighted by Gasteiger charge is 2.13. The van der Waals surface area contributed by atoms with Gasteiger partial charge >= 0.3 is 0 Å². The van der Waals surface area contributed by atoms with Crippen LogP contribution < -0.4 is 5.32 Å². The van der Waals surface area contributed by atoms with Crippen LogP contribution in [0.1, 0.15) is 16.7 Å². The van der Waals surface area contributed by atoms with E-state index in [0.717, 1.165) is 11.1 Å². The van der Waals surface area contributed by atoms with Crippen LogP contribution in [-0.4, -0.2) is 5.91 Å². The number of halogens is 2. The second kappa shape index (κ2) is 7.32. The number of carbonyl (C=O) groups is 1. The molecular weight excluding hydrogens is 331 g/mol. The van der Waals surface area contributed by atoms with E-state index in [2.05, 4.69) is 5.32 Å². The van der Waals surface area contributed by atoms with Gasteiger partial charge in [0.15, 0.2) is 0 Å². The Morgan fingerprint density at radius 2 is 1.83 bits per heavy atom. The van der Waals surface area contributed by atoms with E-state index in [1.54, 1.807) is 18.2 Å². The lowest BCUT2D eigenvalue weighted by molar-refractivity contribution is -0.112. The summed E-state index contributed by atoms with van der Waals surface area (Å²) >= 11 is 12.1. The Morgan fingerprint density at radius 3 is 2.43 bits per heavy atom. The first-order chi connectivity index (χ1) is 10.9. The largest absolute Gasteiger partial charge is 0.321 e. The molecule has 0 radical (unpaired) electrons. The van der Waals surface area contributed by atoms with Crippen LogP contribution >= 0.6 is 23.2 Å². The topological polar surface area (TPSA) is 52.9 Å². The van der Waals surface area contributed by atoms with Gasteiger partial charge in [-0.05, 0) is 49.2 Å². The van der Waals surface area contributed by atoms with Crippen molar-refractivity contribution in [2.75, 3.05) is 5.32 Å². The number of rotatable bonds is 3. The van der Waals surface area contributed by atoms with Crippen molar-refractivity contribution >= 4 is 40.9 Å². The summed E-state index contributed by atoms with van der Waals surface area (Å²) in [6, 6.07) is 12.6. The van der Waals surface area contributed by atoms with Crippen LogP contribution in [0.4, 0.5) is 5.69 Å². The molecule has 2 rings (SSSR count). The third-order valence-corrected chi connectivity index (χ3v) is 3.95. The molecule has 0 aromatic heterocycles. The molecule has 23 heavy (non-hydrogen) atoms. The van der Waals surface area contributed by atoms with Crippen molar-refractivity contribution in [1.29, 1.82) is 5.26 Å². The Hall–Kier alpha value is -2.28. The quantitative estimate of drug-likeness (QED) is 0.617. The van der Waals surface area contributed by atoms with Crippen molar-refractivity contribution in [1.82, 2.24) is 0 Å². The van der Waals surface area contributed by atoms with E-state index >= 15 is 0 Å². The fourth-order valence-corrected chi connectivity index (χ4v) is 2.51. The normalized spacial score (nSPS) is 11.0. The van der Waals surface area contributed by atoms with E-state index in [0.29, 0.717) is 21.3 Å². The van der Waals surface area contributed by atoms with Gasteiger partial charge < -0.3 is 5.32 Å². The van der Waals surface area contributed by atoms with Crippen molar-refractivity contribution in [3.63, 3.8) is 0 Å². The van der Waals surface area contributed by atoms with Gasteiger partial charge in [0.2, 0.25) is 0 Å². The highest BCUT2D eigenvalue weighted by molar-refractivity contribution is 6.37. The highest BCUT2D eigenvalue weighted by Crippen LogP contribution is 2.27. The van der Waals surface area contributed by atoms with Gasteiger partial charge in [-0.25, -0.2) is 0 Å². The predicted octanol–water partition coefficient (Wildman–Crippen LogP) is 5.16. The fraction of sp³-hybridized carbons (Fsp3) is 0.111. The zero-order valence-corrected chi connectivity index (χ0v) is 14.2. The van der Waals surface area contributed by atoms with Crippen molar-refractivity contribution < 1.29 is 4.79 Å². The molecule has 3 nitrogen and oxygen atoms in total. The number of nitrogens with one attached hydrogen (secondary N) is 1. The maximum atomic E-state index is 12.3. The van der Waals surface area contributed by atoms with E-state index in [1.807, 2.05) is 38.1 Å². The summed E-state index contributed by atoms with van der Waals surface area (Å²) in [5, 5.41) is 12.8.